The first kappa shape index (κ1) is 11.7. The lowest BCUT2D eigenvalue weighted by Crippen LogP contribution is -2.47. The molecule has 3 N–H and O–H groups in total. The lowest BCUT2D eigenvalue weighted by Gasteiger charge is -2.28. The van der Waals surface area contributed by atoms with Gasteiger partial charge in [-0.15, -0.1) is 0 Å². The second kappa shape index (κ2) is 4.37. The van der Waals surface area contributed by atoms with Crippen LogP contribution in [0.5, 0.6) is 0 Å². The molecule has 96 valence electrons. The number of rotatable bonds is 5. The Kier molecular flexibility index (Phi) is 2.84. The van der Waals surface area contributed by atoms with Gasteiger partial charge in [0.1, 0.15) is 5.65 Å². The molecular weight excluding hydrogens is 226 g/mol. The number of nitrogens with zero attached hydrogens (tertiary/aromatic N) is 1. The van der Waals surface area contributed by atoms with Gasteiger partial charge < -0.3 is 15.4 Å². The fourth-order valence-electron chi connectivity index (χ4n) is 2.41. The van der Waals surface area contributed by atoms with E-state index in [1.54, 1.807) is 0 Å². The molecule has 0 spiro atoms. The summed E-state index contributed by atoms with van der Waals surface area (Å²) in [5.74, 6) is 0.608. The first-order chi connectivity index (χ1) is 8.71. The summed E-state index contributed by atoms with van der Waals surface area (Å²) >= 11 is 0. The molecule has 0 bridgehead atoms. The van der Waals surface area contributed by atoms with Crippen molar-refractivity contribution in [2.24, 2.45) is 5.92 Å². The summed E-state index contributed by atoms with van der Waals surface area (Å²) in [7, 11) is 0. The second-order valence-corrected chi connectivity index (χ2v) is 5.42. The van der Waals surface area contributed by atoms with Crippen LogP contribution in [0.1, 0.15) is 25.5 Å². The lowest BCUT2D eigenvalue weighted by atomic mass is 9.97. The highest BCUT2D eigenvalue weighted by atomic mass is 16.3. The molecule has 0 radical (unpaired) electrons. The van der Waals surface area contributed by atoms with Crippen molar-refractivity contribution < 1.29 is 5.11 Å². The van der Waals surface area contributed by atoms with Crippen molar-refractivity contribution in [2.75, 3.05) is 6.61 Å². The third-order valence-corrected chi connectivity index (χ3v) is 3.95. The Morgan fingerprint density at radius 3 is 3.00 bits per heavy atom. The number of aliphatic hydroxyl groups excluding tert-OH is 1. The SMILES string of the molecule is CC(CO)(NCc1ccc2cc[nH]c2n1)C1CC1. The zero-order valence-corrected chi connectivity index (χ0v) is 10.6. The average molecular weight is 245 g/mol. The number of pyridine rings is 1. The molecule has 3 rings (SSSR count). The molecule has 4 nitrogen and oxygen atoms in total. The van der Waals surface area contributed by atoms with Crippen LogP contribution in [-0.2, 0) is 6.54 Å². The average Bonchev–Trinajstić information content (AvgIpc) is 3.15. The van der Waals surface area contributed by atoms with Crippen LogP contribution in [0, 0.1) is 5.92 Å². The summed E-state index contributed by atoms with van der Waals surface area (Å²) in [6.45, 7) is 2.97. The van der Waals surface area contributed by atoms with E-state index in [9.17, 15) is 5.11 Å². The second-order valence-electron chi connectivity index (χ2n) is 5.42. The summed E-state index contributed by atoms with van der Waals surface area (Å²) in [6, 6.07) is 6.12. The predicted octanol–water partition coefficient (Wildman–Crippen LogP) is 1.81. The van der Waals surface area contributed by atoms with E-state index in [1.165, 1.54) is 12.8 Å². The van der Waals surface area contributed by atoms with Crippen LogP contribution in [0.4, 0.5) is 0 Å². The molecule has 1 aliphatic carbocycles. The first-order valence-electron chi connectivity index (χ1n) is 6.50. The molecule has 2 aromatic heterocycles. The highest BCUT2D eigenvalue weighted by molar-refractivity contribution is 5.75. The highest BCUT2D eigenvalue weighted by Gasteiger charge is 2.40. The van der Waals surface area contributed by atoms with Gasteiger partial charge in [-0.2, -0.15) is 0 Å². The molecule has 1 aliphatic rings. The smallest absolute Gasteiger partial charge is 0.137 e. The summed E-state index contributed by atoms with van der Waals surface area (Å²) in [5.41, 5.74) is 1.77. The van der Waals surface area contributed by atoms with Gasteiger partial charge in [-0.25, -0.2) is 4.98 Å². The van der Waals surface area contributed by atoms with Gasteiger partial charge in [-0.05, 0) is 43.9 Å². The number of aliphatic hydroxyl groups is 1. The minimum Gasteiger partial charge on any atom is -0.394 e. The van der Waals surface area contributed by atoms with E-state index in [1.807, 2.05) is 18.3 Å². The summed E-state index contributed by atoms with van der Waals surface area (Å²) in [4.78, 5) is 7.67. The van der Waals surface area contributed by atoms with Crippen molar-refractivity contribution in [1.82, 2.24) is 15.3 Å². The van der Waals surface area contributed by atoms with Gasteiger partial charge in [0.25, 0.3) is 0 Å². The minimum atomic E-state index is -0.160. The zero-order valence-electron chi connectivity index (χ0n) is 10.6. The number of fused-ring (bicyclic) bond motifs is 1. The molecule has 1 unspecified atom stereocenters. The Hall–Kier alpha value is -1.39. The third kappa shape index (κ3) is 2.13. The van der Waals surface area contributed by atoms with E-state index in [2.05, 4.69) is 28.3 Å². The molecule has 1 saturated carbocycles. The fraction of sp³-hybridized carbons (Fsp3) is 0.500. The van der Waals surface area contributed by atoms with Crippen molar-refractivity contribution in [3.63, 3.8) is 0 Å². The number of hydrogen-bond donors (Lipinski definition) is 3. The Balaban J connectivity index is 1.71. The van der Waals surface area contributed by atoms with Crippen molar-refractivity contribution in [2.45, 2.75) is 31.8 Å². The van der Waals surface area contributed by atoms with Crippen LogP contribution in [0.25, 0.3) is 11.0 Å². The third-order valence-electron chi connectivity index (χ3n) is 3.95. The van der Waals surface area contributed by atoms with E-state index < -0.39 is 0 Å². The molecular formula is C14H19N3O. The largest absolute Gasteiger partial charge is 0.394 e. The van der Waals surface area contributed by atoms with Crippen LogP contribution >= 0.6 is 0 Å². The first-order valence-corrected chi connectivity index (χ1v) is 6.50. The van der Waals surface area contributed by atoms with Gasteiger partial charge in [-0.1, -0.05) is 0 Å². The van der Waals surface area contributed by atoms with E-state index in [0.717, 1.165) is 16.7 Å². The summed E-state index contributed by atoms with van der Waals surface area (Å²) in [5, 5.41) is 14.1. The van der Waals surface area contributed by atoms with Gasteiger partial charge in [0.2, 0.25) is 0 Å². The molecule has 2 aromatic rings. The molecule has 0 amide bonds. The van der Waals surface area contributed by atoms with Crippen molar-refractivity contribution in [3.8, 4) is 0 Å². The number of hydrogen-bond acceptors (Lipinski definition) is 3. The van der Waals surface area contributed by atoms with Gasteiger partial charge in [0.05, 0.1) is 12.3 Å². The molecule has 1 atom stereocenters. The summed E-state index contributed by atoms with van der Waals surface area (Å²) in [6.07, 6.45) is 4.33. The van der Waals surface area contributed by atoms with Gasteiger partial charge in [0.15, 0.2) is 0 Å². The Bertz CT molecular complexity index is 547. The highest BCUT2D eigenvalue weighted by Crippen LogP contribution is 2.39. The standard InChI is InChI=1S/C14H19N3O/c1-14(9-18,11-3-4-11)16-8-12-5-2-10-6-7-15-13(10)17-12/h2,5-7,11,16,18H,3-4,8-9H2,1H3,(H,15,17). The number of aromatic amines is 1. The van der Waals surface area contributed by atoms with E-state index in [-0.39, 0.29) is 12.1 Å². The van der Waals surface area contributed by atoms with Gasteiger partial charge in [0, 0.05) is 23.7 Å². The lowest BCUT2D eigenvalue weighted by molar-refractivity contribution is 0.153. The van der Waals surface area contributed by atoms with Crippen molar-refractivity contribution in [1.29, 1.82) is 0 Å². The van der Waals surface area contributed by atoms with Crippen LogP contribution in [0.2, 0.25) is 0 Å². The molecule has 18 heavy (non-hydrogen) atoms. The van der Waals surface area contributed by atoms with Crippen LogP contribution < -0.4 is 5.32 Å². The van der Waals surface area contributed by atoms with Crippen LogP contribution in [0.15, 0.2) is 24.4 Å². The fourth-order valence-corrected chi connectivity index (χ4v) is 2.41. The molecule has 1 fully saturated rings. The topological polar surface area (TPSA) is 60.9 Å². The van der Waals surface area contributed by atoms with Crippen molar-refractivity contribution >= 4 is 11.0 Å². The Morgan fingerprint density at radius 1 is 1.44 bits per heavy atom. The minimum absolute atomic E-state index is 0.160. The van der Waals surface area contributed by atoms with Crippen LogP contribution in [0.3, 0.4) is 0 Å². The number of nitrogens with one attached hydrogen (secondary N) is 2. The van der Waals surface area contributed by atoms with Gasteiger partial charge in [-0.3, -0.25) is 0 Å². The number of H-pyrrole nitrogens is 1. The van der Waals surface area contributed by atoms with E-state index in [0.29, 0.717) is 12.5 Å². The Morgan fingerprint density at radius 2 is 2.28 bits per heavy atom. The van der Waals surface area contributed by atoms with E-state index >= 15 is 0 Å². The molecule has 0 aliphatic heterocycles. The maximum atomic E-state index is 9.52. The predicted molar refractivity (Wildman–Crippen MR) is 71.1 cm³/mol. The van der Waals surface area contributed by atoms with Crippen LogP contribution in [-0.4, -0.2) is 27.2 Å². The quantitative estimate of drug-likeness (QED) is 0.753. The molecule has 4 heteroatoms. The van der Waals surface area contributed by atoms with Crippen molar-refractivity contribution in [3.05, 3.63) is 30.1 Å². The maximum absolute atomic E-state index is 9.52. The summed E-state index contributed by atoms with van der Waals surface area (Å²) < 4.78 is 0. The Labute approximate surface area is 106 Å². The zero-order chi connectivity index (χ0) is 12.6. The normalized spacial score (nSPS) is 19.0. The maximum Gasteiger partial charge on any atom is 0.137 e. The number of aromatic nitrogens is 2. The monoisotopic (exact) mass is 245 g/mol. The molecule has 2 heterocycles. The van der Waals surface area contributed by atoms with Gasteiger partial charge >= 0.3 is 0 Å². The molecule has 0 aromatic carbocycles. The molecule has 0 saturated heterocycles. The van der Waals surface area contributed by atoms with E-state index in [4.69, 9.17) is 0 Å².